The number of piperidine rings is 1. The van der Waals surface area contributed by atoms with Crippen LogP contribution in [0.1, 0.15) is 65.5 Å². The second-order valence-electron chi connectivity index (χ2n) is 8.95. The molecule has 4 rings (SSSR count). The first-order valence-electron chi connectivity index (χ1n) is 11.7. The molecule has 0 spiro atoms. The third-order valence-electron chi connectivity index (χ3n) is 6.50. The number of aryl methyl sites for hydroxylation is 2. The van der Waals surface area contributed by atoms with Crippen LogP contribution < -0.4 is 11.1 Å². The summed E-state index contributed by atoms with van der Waals surface area (Å²) in [5, 5.41) is 7.76. The molecule has 1 atom stereocenters. The quantitative estimate of drug-likeness (QED) is 0.507. The van der Waals surface area contributed by atoms with Crippen molar-refractivity contribution in [3.63, 3.8) is 0 Å². The molecule has 186 valence electrons. The molecular formula is C25H29F3N6O. The van der Waals surface area contributed by atoms with E-state index in [1.165, 1.54) is 0 Å². The second-order valence-corrected chi connectivity index (χ2v) is 8.95. The molecule has 1 aliphatic rings. The molecule has 3 aromatic rings. The van der Waals surface area contributed by atoms with E-state index < -0.39 is 23.6 Å². The number of amides is 1. The maximum atomic E-state index is 13.7. The van der Waals surface area contributed by atoms with E-state index in [4.69, 9.17) is 5.73 Å². The molecule has 7 nitrogen and oxygen atoms in total. The van der Waals surface area contributed by atoms with Gasteiger partial charge in [0.2, 0.25) is 5.91 Å². The molecule has 0 radical (unpaired) electrons. The van der Waals surface area contributed by atoms with Crippen molar-refractivity contribution in [3.8, 4) is 0 Å². The molecule has 35 heavy (non-hydrogen) atoms. The number of halogens is 3. The smallest absolute Gasteiger partial charge is 0.369 e. The predicted octanol–water partition coefficient (Wildman–Crippen LogP) is 3.58. The molecule has 0 unspecified atom stereocenters. The number of hydrogen-bond donors (Lipinski definition) is 2. The van der Waals surface area contributed by atoms with Crippen LogP contribution in [0.25, 0.3) is 0 Å². The summed E-state index contributed by atoms with van der Waals surface area (Å²) < 4.78 is 43.0. The van der Waals surface area contributed by atoms with Crippen molar-refractivity contribution in [3.05, 3.63) is 76.6 Å². The molecule has 0 aliphatic carbocycles. The van der Waals surface area contributed by atoms with Gasteiger partial charge in [-0.2, -0.15) is 18.3 Å². The molecule has 1 amide bonds. The summed E-state index contributed by atoms with van der Waals surface area (Å²) >= 11 is 0. The molecular weight excluding hydrogens is 457 g/mol. The lowest BCUT2D eigenvalue weighted by Gasteiger charge is -2.22. The highest BCUT2D eigenvalue weighted by molar-refractivity contribution is 5.81. The number of nitrogens with zero attached hydrogens (tertiary/aromatic N) is 4. The molecule has 0 saturated carbocycles. The van der Waals surface area contributed by atoms with Crippen molar-refractivity contribution >= 4 is 5.91 Å². The highest BCUT2D eigenvalue weighted by Crippen LogP contribution is 2.32. The number of carbonyl (C=O) groups excluding carboxylic acids is 1. The maximum Gasteiger partial charge on any atom is 0.419 e. The van der Waals surface area contributed by atoms with Gasteiger partial charge in [-0.05, 0) is 62.4 Å². The van der Waals surface area contributed by atoms with Crippen LogP contribution in [0, 0.1) is 0 Å². The van der Waals surface area contributed by atoms with Gasteiger partial charge in [0, 0.05) is 18.8 Å². The average Bonchev–Trinajstić information content (AvgIpc) is 3.31. The fraction of sp³-hybridized carbons (Fsp3) is 0.440. The molecule has 1 aromatic carbocycles. The number of nitrogens with two attached hydrogens (primary N) is 1. The van der Waals surface area contributed by atoms with E-state index in [-0.39, 0.29) is 12.1 Å². The van der Waals surface area contributed by atoms with Crippen LogP contribution in [-0.4, -0.2) is 38.7 Å². The summed E-state index contributed by atoms with van der Waals surface area (Å²) in [5.41, 5.74) is 6.89. The largest absolute Gasteiger partial charge is 0.419 e. The number of nitrogens with one attached hydrogen (secondary N) is 1. The molecule has 1 aliphatic heterocycles. The Morgan fingerprint density at radius 3 is 2.66 bits per heavy atom. The highest BCUT2D eigenvalue weighted by atomic mass is 19.4. The molecule has 3 N–H and O–H groups in total. The monoisotopic (exact) mass is 486 g/mol. The summed E-state index contributed by atoms with van der Waals surface area (Å²) in [6, 6.07) is 7.48. The maximum absolute atomic E-state index is 13.7. The van der Waals surface area contributed by atoms with E-state index in [0.29, 0.717) is 30.3 Å². The number of primary amides is 1. The first-order valence-corrected chi connectivity index (χ1v) is 11.7. The van der Waals surface area contributed by atoms with Crippen molar-refractivity contribution < 1.29 is 18.0 Å². The van der Waals surface area contributed by atoms with Crippen molar-refractivity contribution in [2.24, 2.45) is 5.73 Å². The number of carbonyl (C=O) groups is 1. The minimum absolute atomic E-state index is 0.0567. The molecule has 2 aromatic heterocycles. The van der Waals surface area contributed by atoms with E-state index in [1.54, 1.807) is 37.4 Å². The Balaban J connectivity index is 1.54. The zero-order chi connectivity index (χ0) is 25.0. The summed E-state index contributed by atoms with van der Waals surface area (Å²) in [6.07, 6.45) is 2.58. The van der Waals surface area contributed by atoms with Crippen LogP contribution in [0.2, 0.25) is 0 Å². The number of alkyl halides is 3. The van der Waals surface area contributed by atoms with Gasteiger partial charge in [-0.15, -0.1) is 0 Å². The van der Waals surface area contributed by atoms with E-state index in [1.807, 2.05) is 10.9 Å². The van der Waals surface area contributed by atoms with Gasteiger partial charge in [-0.1, -0.05) is 24.3 Å². The fourth-order valence-corrected chi connectivity index (χ4v) is 4.48. The molecule has 0 bridgehead atoms. The third-order valence-corrected chi connectivity index (χ3v) is 6.50. The van der Waals surface area contributed by atoms with E-state index in [2.05, 4.69) is 20.4 Å². The van der Waals surface area contributed by atoms with Crippen LogP contribution in [0.4, 0.5) is 13.2 Å². The van der Waals surface area contributed by atoms with E-state index in [0.717, 1.165) is 43.3 Å². The van der Waals surface area contributed by atoms with Crippen LogP contribution >= 0.6 is 0 Å². The summed E-state index contributed by atoms with van der Waals surface area (Å²) in [5.74, 6) is -0.704. The van der Waals surface area contributed by atoms with Gasteiger partial charge >= 0.3 is 6.18 Å². The number of hydrogen-bond acceptors (Lipinski definition) is 5. The van der Waals surface area contributed by atoms with Crippen molar-refractivity contribution in [1.29, 1.82) is 0 Å². The summed E-state index contributed by atoms with van der Waals surface area (Å²) in [6.45, 7) is 3.56. The normalized spacial score (nSPS) is 15.8. The van der Waals surface area contributed by atoms with Crippen LogP contribution in [0.3, 0.4) is 0 Å². The second kappa shape index (κ2) is 10.6. The van der Waals surface area contributed by atoms with Gasteiger partial charge in [0.05, 0.1) is 29.4 Å². The first kappa shape index (κ1) is 24.8. The number of aromatic nitrogens is 4. The Morgan fingerprint density at radius 2 is 1.94 bits per heavy atom. The lowest BCUT2D eigenvalue weighted by Crippen LogP contribution is -2.29. The van der Waals surface area contributed by atoms with Crippen LogP contribution in [0.15, 0.2) is 42.9 Å². The van der Waals surface area contributed by atoms with Gasteiger partial charge < -0.3 is 11.1 Å². The van der Waals surface area contributed by atoms with Gasteiger partial charge in [0.1, 0.15) is 5.82 Å². The minimum Gasteiger partial charge on any atom is -0.369 e. The van der Waals surface area contributed by atoms with Crippen LogP contribution in [0.5, 0.6) is 0 Å². The fourth-order valence-electron chi connectivity index (χ4n) is 4.48. The number of benzene rings is 1. The SMILES string of the molecule is C[C@@H](C(N)=O)c1ccccc1CCc1nc(Cc2cnn(C3CCNCC3)c2)ncc1C(F)(F)F. The lowest BCUT2D eigenvalue weighted by atomic mass is 9.92. The molecule has 1 fully saturated rings. The average molecular weight is 487 g/mol. The summed E-state index contributed by atoms with van der Waals surface area (Å²) in [4.78, 5) is 20.0. The molecule has 10 heteroatoms. The van der Waals surface area contributed by atoms with Crippen LogP contribution in [-0.2, 0) is 30.2 Å². The Hall–Kier alpha value is -3.27. The zero-order valence-electron chi connectivity index (χ0n) is 19.6. The topological polar surface area (TPSA) is 98.7 Å². The third kappa shape index (κ3) is 6.05. The number of rotatable bonds is 8. The Bertz CT molecular complexity index is 1170. The Labute approximate surface area is 202 Å². The van der Waals surface area contributed by atoms with E-state index in [9.17, 15) is 18.0 Å². The van der Waals surface area contributed by atoms with Crippen molar-refractivity contribution in [1.82, 2.24) is 25.1 Å². The van der Waals surface area contributed by atoms with Crippen molar-refractivity contribution in [2.45, 2.75) is 57.2 Å². The van der Waals surface area contributed by atoms with Crippen molar-refractivity contribution in [2.75, 3.05) is 13.1 Å². The standard InChI is InChI=1S/C25H29F3N6O/c1-16(24(29)35)20-5-3-2-4-18(20)6-7-22-21(25(26,27)28)14-31-23(33-22)12-17-13-32-34(15-17)19-8-10-30-11-9-19/h2-5,13-16,19,30H,6-12H2,1H3,(H2,29,35)/t16-/m1/s1. The Kier molecular flexibility index (Phi) is 7.49. The lowest BCUT2D eigenvalue weighted by molar-refractivity contribution is -0.138. The van der Waals surface area contributed by atoms with E-state index >= 15 is 0 Å². The van der Waals surface area contributed by atoms with Gasteiger partial charge in [-0.3, -0.25) is 9.48 Å². The Morgan fingerprint density at radius 1 is 1.20 bits per heavy atom. The first-order chi connectivity index (χ1) is 16.7. The zero-order valence-corrected chi connectivity index (χ0v) is 19.6. The van der Waals surface area contributed by atoms with Gasteiger partial charge in [0.15, 0.2) is 0 Å². The highest BCUT2D eigenvalue weighted by Gasteiger charge is 2.35. The van der Waals surface area contributed by atoms with Gasteiger partial charge in [-0.25, -0.2) is 9.97 Å². The van der Waals surface area contributed by atoms with Gasteiger partial charge in [0.25, 0.3) is 0 Å². The molecule has 1 saturated heterocycles. The predicted molar refractivity (Wildman–Crippen MR) is 125 cm³/mol. The summed E-state index contributed by atoms with van der Waals surface area (Å²) in [7, 11) is 0. The molecule has 3 heterocycles. The minimum atomic E-state index is -4.56.